The number of hydrogen-bond acceptors (Lipinski definition) is 5. The number of nitrogens with one attached hydrogen (secondary N) is 1. The molecule has 0 saturated heterocycles. The van der Waals surface area contributed by atoms with Crippen molar-refractivity contribution >= 4 is 11.9 Å². The van der Waals surface area contributed by atoms with Gasteiger partial charge in [0.15, 0.2) is 0 Å². The number of amides is 1. The van der Waals surface area contributed by atoms with E-state index in [9.17, 15) is 19.8 Å². The predicted molar refractivity (Wildman–Crippen MR) is 260 cm³/mol. The summed E-state index contributed by atoms with van der Waals surface area (Å²) in [7, 11) is 0. The quantitative estimate of drug-likeness (QED) is 0.0322. The second-order valence-electron chi connectivity index (χ2n) is 18.2. The van der Waals surface area contributed by atoms with Gasteiger partial charge in [0.05, 0.1) is 25.4 Å². The molecule has 0 aromatic heterocycles. The van der Waals surface area contributed by atoms with Gasteiger partial charge in [0.1, 0.15) is 0 Å². The number of allylic oxidation sites excluding steroid dienone is 4. The molecule has 3 N–H and O–H groups in total. The van der Waals surface area contributed by atoms with Gasteiger partial charge in [0.2, 0.25) is 5.91 Å². The summed E-state index contributed by atoms with van der Waals surface area (Å²) in [5.41, 5.74) is 0. The van der Waals surface area contributed by atoms with Gasteiger partial charge in [0.25, 0.3) is 0 Å². The largest absolute Gasteiger partial charge is 0.466 e. The number of rotatable bonds is 49. The maximum Gasteiger partial charge on any atom is 0.305 e. The van der Waals surface area contributed by atoms with Gasteiger partial charge in [-0.25, -0.2) is 0 Å². The smallest absolute Gasteiger partial charge is 0.305 e. The first kappa shape index (κ1) is 58.3. The summed E-state index contributed by atoms with van der Waals surface area (Å²) in [6.07, 6.45) is 58.8. The Balaban J connectivity index is 3.50. The maximum atomic E-state index is 12.4. The van der Waals surface area contributed by atoms with E-state index in [0.29, 0.717) is 32.3 Å². The van der Waals surface area contributed by atoms with Crippen LogP contribution < -0.4 is 5.32 Å². The first-order valence-corrected chi connectivity index (χ1v) is 26.6. The van der Waals surface area contributed by atoms with Gasteiger partial charge in [-0.05, 0) is 44.9 Å². The second-order valence-corrected chi connectivity index (χ2v) is 18.2. The van der Waals surface area contributed by atoms with Crippen LogP contribution >= 0.6 is 0 Å². The molecular weight excluding hydrogens is 743 g/mol. The van der Waals surface area contributed by atoms with Gasteiger partial charge in [-0.1, -0.05) is 250 Å². The summed E-state index contributed by atoms with van der Waals surface area (Å²) >= 11 is 0. The topological polar surface area (TPSA) is 95.9 Å². The number of hydrogen-bond donors (Lipinski definition) is 3. The standard InChI is InChI=1S/C54H103NO5/c1-3-5-7-9-11-13-15-17-18-19-20-21-24-28-32-36-40-44-48-54(59)60-49-45-41-37-33-29-25-22-23-27-31-35-39-43-47-53(58)55-51(50-56)52(57)46-42-38-34-30-26-16-14-12-10-8-6-4-2/h23,27,35,39,51-52,56-57H,3-22,24-26,28-34,36-38,40-50H2,1-2H3,(H,55,58)/b27-23-,39-35-. The number of aliphatic hydroxyl groups is 2. The van der Waals surface area contributed by atoms with Crippen molar-refractivity contribution < 1.29 is 24.5 Å². The lowest BCUT2D eigenvalue weighted by Crippen LogP contribution is -2.45. The number of aliphatic hydroxyl groups excluding tert-OH is 2. The lowest BCUT2D eigenvalue weighted by molar-refractivity contribution is -0.143. The molecule has 2 atom stereocenters. The normalized spacial score (nSPS) is 12.8. The molecule has 6 heteroatoms. The van der Waals surface area contributed by atoms with Gasteiger partial charge in [-0.2, -0.15) is 0 Å². The third-order valence-electron chi connectivity index (χ3n) is 12.3. The highest BCUT2D eigenvalue weighted by Crippen LogP contribution is 2.16. The molecule has 0 aromatic rings. The molecule has 2 unspecified atom stereocenters. The van der Waals surface area contributed by atoms with E-state index in [-0.39, 0.29) is 18.5 Å². The van der Waals surface area contributed by atoms with Crippen molar-refractivity contribution in [3.8, 4) is 0 Å². The second kappa shape index (κ2) is 50.0. The van der Waals surface area contributed by atoms with E-state index in [4.69, 9.17) is 4.74 Å². The zero-order valence-corrected chi connectivity index (χ0v) is 40.2. The van der Waals surface area contributed by atoms with Crippen molar-refractivity contribution in [2.45, 2.75) is 296 Å². The fraction of sp³-hybridized carbons (Fsp3) is 0.889. The molecule has 354 valence electrons. The van der Waals surface area contributed by atoms with Crippen LogP contribution in [0.4, 0.5) is 0 Å². The van der Waals surface area contributed by atoms with Crippen LogP contribution in [-0.2, 0) is 14.3 Å². The summed E-state index contributed by atoms with van der Waals surface area (Å²) < 4.78 is 5.47. The predicted octanol–water partition coefficient (Wildman–Crippen LogP) is 15.9. The van der Waals surface area contributed by atoms with Crippen LogP contribution in [0.2, 0.25) is 0 Å². The molecule has 0 aliphatic rings. The van der Waals surface area contributed by atoms with E-state index in [1.54, 1.807) is 0 Å². The molecule has 1 amide bonds. The Morgan fingerprint density at radius 1 is 0.467 bits per heavy atom. The van der Waals surface area contributed by atoms with Crippen molar-refractivity contribution in [3.63, 3.8) is 0 Å². The molecule has 0 aromatic carbocycles. The third-order valence-corrected chi connectivity index (χ3v) is 12.3. The van der Waals surface area contributed by atoms with Crippen LogP contribution in [0.1, 0.15) is 284 Å². The zero-order valence-electron chi connectivity index (χ0n) is 40.2. The highest BCUT2D eigenvalue weighted by Gasteiger charge is 2.19. The number of ether oxygens (including phenoxy) is 1. The average Bonchev–Trinajstić information content (AvgIpc) is 3.25. The molecule has 60 heavy (non-hydrogen) atoms. The number of unbranched alkanes of at least 4 members (excludes halogenated alkanes) is 34. The number of esters is 1. The molecule has 0 aliphatic heterocycles. The summed E-state index contributed by atoms with van der Waals surface area (Å²) in [5, 5.41) is 23.1. The van der Waals surface area contributed by atoms with Crippen molar-refractivity contribution in [2.24, 2.45) is 0 Å². The number of carbonyl (C=O) groups excluding carboxylic acids is 2. The molecule has 0 heterocycles. The van der Waals surface area contributed by atoms with Gasteiger partial charge >= 0.3 is 5.97 Å². The van der Waals surface area contributed by atoms with Crippen LogP contribution in [0.3, 0.4) is 0 Å². The lowest BCUT2D eigenvalue weighted by Gasteiger charge is -2.22. The highest BCUT2D eigenvalue weighted by atomic mass is 16.5. The Labute approximate surface area is 373 Å². The molecule has 0 rings (SSSR count). The van der Waals surface area contributed by atoms with Crippen LogP contribution in [-0.4, -0.2) is 47.4 Å². The van der Waals surface area contributed by atoms with Crippen molar-refractivity contribution in [3.05, 3.63) is 24.3 Å². The zero-order chi connectivity index (χ0) is 43.7. The van der Waals surface area contributed by atoms with E-state index < -0.39 is 12.1 Å². The summed E-state index contributed by atoms with van der Waals surface area (Å²) in [4.78, 5) is 24.4. The SMILES string of the molecule is CCCCCCCCCCCCCCCCCCCCC(=O)OCCCCCCCC/C=C\C/C=C\CCC(=O)NC(CO)C(O)CCCCCCCCCCCCCC. The minimum atomic E-state index is -0.697. The fourth-order valence-corrected chi connectivity index (χ4v) is 8.16. The summed E-state index contributed by atoms with van der Waals surface area (Å²) in [5.74, 6) is -0.129. The Morgan fingerprint density at radius 2 is 0.850 bits per heavy atom. The van der Waals surface area contributed by atoms with Gasteiger partial charge in [-0.3, -0.25) is 9.59 Å². The Kier molecular flexibility index (Phi) is 48.6. The van der Waals surface area contributed by atoms with Gasteiger partial charge in [-0.15, -0.1) is 0 Å². The van der Waals surface area contributed by atoms with Crippen molar-refractivity contribution in [2.75, 3.05) is 13.2 Å². The van der Waals surface area contributed by atoms with Crippen molar-refractivity contribution in [1.29, 1.82) is 0 Å². The monoisotopic (exact) mass is 846 g/mol. The molecule has 6 nitrogen and oxygen atoms in total. The van der Waals surface area contributed by atoms with Crippen LogP contribution in [0.15, 0.2) is 24.3 Å². The van der Waals surface area contributed by atoms with Gasteiger partial charge < -0.3 is 20.3 Å². The van der Waals surface area contributed by atoms with Crippen LogP contribution in [0.5, 0.6) is 0 Å². The van der Waals surface area contributed by atoms with E-state index >= 15 is 0 Å². The van der Waals surface area contributed by atoms with E-state index in [2.05, 4.69) is 37.4 Å². The first-order chi connectivity index (χ1) is 29.5. The molecule has 0 radical (unpaired) electrons. The van der Waals surface area contributed by atoms with Crippen molar-refractivity contribution in [1.82, 2.24) is 5.32 Å². The average molecular weight is 846 g/mol. The first-order valence-electron chi connectivity index (χ1n) is 26.6. The van der Waals surface area contributed by atoms with E-state index in [0.717, 1.165) is 51.4 Å². The molecule has 0 fully saturated rings. The minimum absolute atomic E-state index is 0.0128. The van der Waals surface area contributed by atoms with E-state index in [1.165, 1.54) is 193 Å². The lowest BCUT2D eigenvalue weighted by atomic mass is 10.0. The Bertz CT molecular complexity index is 935. The fourth-order valence-electron chi connectivity index (χ4n) is 8.16. The Morgan fingerprint density at radius 3 is 1.30 bits per heavy atom. The summed E-state index contributed by atoms with van der Waals surface area (Å²) in [6, 6.07) is -0.583. The summed E-state index contributed by atoms with van der Waals surface area (Å²) in [6.45, 7) is 4.89. The molecule has 0 spiro atoms. The van der Waals surface area contributed by atoms with Gasteiger partial charge in [0, 0.05) is 12.8 Å². The minimum Gasteiger partial charge on any atom is -0.466 e. The molecular formula is C54H103NO5. The number of carbonyl (C=O) groups is 2. The third kappa shape index (κ3) is 45.9. The maximum absolute atomic E-state index is 12.4. The van der Waals surface area contributed by atoms with Crippen LogP contribution in [0, 0.1) is 0 Å². The Hall–Kier alpha value is -1.66. The molecule has 0 aliphatic carbocycles. The van der Waals surface area contributed by atoms with Crippen LogP contribution in [0.25, 0.3) is 0 Å². The molecule has 0 bridgehead atoms. The van der Waals surface area contributed by atoms with E-state index in [1.807, 2.05) is 6.08 Å². The molecule has 0 saturated carbocycles. The highest BCUT2D eigenvalue weighted by molar-refractivity contribution is 5.76.